The van der Waals surface area contributed by atoms with Crippen molar-refractivity contribution in [1.82, 2.24) is 5.32 Å². The molecule has 0 spiro atoms. The van der Waals surface area contributed by atoms with E-state index < -0.39 is 17.8 Å². The van der Waals surface area contributed by atoms with E-state index in [4.69, 9.17) is 4.74 Å². The quantitative estimate of drug-likeness (QED) is 0.737. The molecule has 1 saturated heterocycles. The number of aliphatic carboxylic acids is 1. The number of fused-ring (bicyclic) bond motifs is 2. The van der Waals surface area contributed by atoms with E-state index in [1.165, 1.54) is 0 Å². The highest BCUT2D eigenvalue weighted by atomic mass is 16.5. The maximum Gasteiger partial charge on any atom is 0.307 e. The highest BCUT2D eigenvalue weighted by molar-refractivity contribution is 5.86. The van der Waals surface area contributed by atoms with Gasteiger partial charge in [-0.3, -0.25) is 9.59 Å². The lowest BCUT2D eigenvalue weighted by Gasteiger charge is -2.24. The Hall–Kier alpha value is -1.36. The number of nitrogens with one attached hydrogen (secondary N) is 1. The topological polar surface area (TPSA) is 75.6 Å². The third-order valence-corrected chi connectivity index (χ3v) is 4.58. The molecule has 0 aromatic heterocycles. The number of carboxylic acid groups (broad SMARTS) is 1. The molecular formula is C14H19NO4. The van der Waals surface area contributed by atoms with Crippen LogP contribution in [0.25, 0.3) is 0 Å². The van der Waals surface area contributed by atoms with Crippen LogP contribution in [0.3, 0.4) is 0 Å². The molecule has 0 radical (unpaired) electrons. The molecule has 3 rings (SSSR count). The van der Waals surface area contributed by atoms with E-state index in [9.17, 15) is 14.7 Å². The summed E-state index contributed by atoms with van der Waals surface area (Å²) in [4.78, 5) is 23.6. The van der Waals surface area contributed by atoms with E-state index in [0.29, 0.717) is 6.54 Å². The lowest BCUT2D eigenvalue weighted by molar-refractivity contribution is -0.147. The van der Waals surface area contributed by atoms with Gasteiger partial charge in [-0.1, -0.05) is 12.2 Å². The van der Waals surface area contributed by atoms with Crippen molar-refractivity contribution in [2.75, 3.05) is 13.2 Å². The number of carbonyl (C=O) groups is 2. The molecule has 1 saturated carbocycles. The summed E-state index contributed by atoms with van der Waals surface area (Å²) in [6.45, 7) is 1.26. The fourth-order valence-electron chi connectivity index (χ4n) is 3.65. The number of rotatable bonds is 4. The van der Waals surface area contributed by atoms with Gasteiger partial charge in [0.1, 0.15) is 0 Å². The van der Waals surface area contributed by atoms with Gasteiger partial charge in [-0.25, -0.2) is 0 Å². The van der Waals surface area contributed by atoms with Gasteiger partial charge in [0.05, 0.1) is 17.9 Å². The van der Waals surface area contributed by atoms with Crippen LogP contribution < -0.4 is 5.32 Å². The van der Waals surface area contributed by atoms with Gasteiger partial charge in [-0.05, 0) is 31.1 Å². The fourth-order valence-corrected chi connectivity index (χ4v) is 3.65. The minimum absolute atomic E-state index is 0.0287. The van der Waals surface area contributed by atoms with Crippen molar-refractivity contribution in [3.05, 3.63) is 12.2 Å². The Morgan fingerprint density at radius 3 is 2.63 bits per heavy atom. The first-order valence-corrected chi connectivity index (χ1v) is 6.97. The number of allylic oxidation sites excluding steroid dienone is 2. The second-order valence-electron chi connectivity index (χ2n) is 5.72. The first-order valence-electron chi connectivity index (χ1n) is 6.97. The lowest BCUT2D eigenvalue weighted by Crippen LogP contribution is -2.42. The summed E-state index contributed by atoms with van der Waals surface area (Å²) in [7, 11) is 0. The zero-order valence-electron chi connectivity index (χ0n) is 10.7. The monoisotopic (exact) mass is 265 g/mol. The number of ether oxygens (including phenoxy) is 1. The molecule has 2 bridgehead atoms. The number of carbonyl (C=O) groups excluding carboxylic acids is 1. The van der Waals surface area contributed by atoms with Gasteiger partial charge in [-0.2, -0.15) is 0 Å². The van der Waals surface area contributed by atoms with Crippen LogP contribution >= 0.6 is 0 Å². The second kappa shape index (κ2) is 4.96. The number of hydrogen-bond donors (Lipinski definition) is 2. The molecule has 1 amide bonds. The molecule has 0 unspecified atom stereocenters. The second-order valence-corrected chi connectivity index (χ2v) is 5.72. The highest BCUT2D eigenvalue weighted by Gasteiger charge is 2.51. The maximum absolute atomic E-state index is 12.2. The molecule has 1 heterocycles. The van der Waals surface area contributed by atoms with E-state index in [1.54, 1.807) is 0 Å². The summed E-state index contributed by atoms with van der Waals surface area (Å²) < 4.78 is 5.46. The van der Waals surface area contributed by atoms with Gasteiger partial charge in [0.15, 0.2) is 0 Å². The smallest absolute Gasteiger partial charge is 0.307 e. The van der Waals surface area contributed by atoms with Crippen molar-refractivity contribution >= 4 is 11.9 Å². The number of carboxylic acids is 1. The van der Waals surface area contributed by atoms with E-state index in [0.717, 1.165) is 25.9 Å². The van der Waals surface area contributed by atoms with Crippen LogP contribution in [0.4, 0.5) is 0 Å². The van der Waals surface area contributed by atoms with Gasteiger partial charge in [0.2, 0.25) is 5.91 Å². The molecule has 1 aliphatic heterocycles. The van der Waals surface area contributed by atoms with Crippen LogP contribution in [-0.4, -0.2) is 36.2 Å². The Kier molecular flexibility index (Phi) is 3.31. The van der Waals surface area contributed by atoms with E-state index in [1.807, 2.05) is 12.2 Å². The van der Waals surface area contributed by atoms with Crippen LogP contribution in [0.15, 0.2) is 12.2 Å². The van der Waals surface area contributed by atoms with Crippen molar-refractivity contribution in [3.63, 3.8) is 0 Å². The average molecular weight is 265 g/mol. The van der Waals surface area contributed by atoms with Gasteiger partial charge in [0, 0.05) is 13.2 Å². The Morgan fingerprint density at radius 1 is 1.26 bits per heavy atom. The molecule has 104 valence electrons. The van der Waals surface area contributed by atoms with Gasteiger partial charge >= 0.3 is 5.97 Å². The van der Waals surface area contributed by atoms with Gasteiger partial charge in [-0.15, -0.1) is 0 Å². The van der Waals surface area contributed by atoms with Crippen LogP contribution in [0.5, 0.6) is 0 Å². The first kappa shape index (κ1) is 12.7. The summed E-state index contributed by atoms with van der Waals surface area (Å²) in [6.07, 6.45) is 6.86. The van der Waals surface area contributed by atoms with Crippen molar-refractivity contribution in [1.29, 1.82) is 0 Å². The molecule has 2 fully saturated rings. The predicted molar refractivity (Wildman–Crippen MR) is 67.3 cm³/mol. The zero-order chi connectivity index (χ0) is 13.4. The lowest BCUT2D eigenvalue weighted by atomic mass is 9.82. The van der Waals surface area contributed by atoms with Crippen LogP contribution in [0, 0.1) is 23.7 Å². The van der Waals surface area contributed by atoms with Crippen LogP contribution in [0.2, 0.25) is 0 Å². The molecule has 5 nitrogen and oxygen atoms in total. The van der Waals surface area contributed by atoms with Crippen LogP contribution in [-0.2, 0) is 14.3 Å². The molecule has 5 atom stereocenters. The minimum Gasteiger partial charge on any atom is -0.481 e. The van der Waals surface area contributed by atoms with Crippen molar-refractivity contribution < 1.29 is 19.4 Å². The van der Waals surface area contributed by atoms with E-state index in [-0.39, 0.29) is 23.8 Å². The molecule has 2 N–H and O–H groups in total. The number of amides is 1. The molecule has 0 aromatic carbocycles. The molecule has 2 aliphatic carbocycles. The summed E-state index contributed by atoms with van der Waals surface area (Å²) in [5.74, 6) is -1.82. The Labute approximate surface area is 112 Å². The summed E-state index contributed by atoms with van der Waals surface area (Å²) in [6, 6.07) is 0. The number of hydrogen-bond acceptors (Lipinski definition) is 3. The largest absolute Gasteiger partial charge is 0.481 e. The third kappa shape index (κ3) is 2.27. The van der Waals surface area contributed by atoms with Crippen molar-refractivity contribution in [2.45, 2.75) is 25.4 Å². The van der Waals surface area contributed by atoms with Crippen LogP contribution in [0.1, 0.15) is 19.3 Å². The Morgan fingerprint density at radius 2 is 2.00 bits per heavy atom. The van der Waals surface area contributed by atoms with Crippen molar-refractivity contribution in [3.8, 4) is 0 Å². The molecule has 3 aliphatic rings. The molecular weight excluding hydrogens is 246 g/mol. The Bertz CT molecular complexity index is 414. The fraction of sp³-hybridized carbons (Fsp3) is 0.714. The SMILES string of the molecule is O=C(O)[C@@H]1[C@@H](C(=O)NC[C@@H]2CCCO2)[C@H]2C=C[C@H]1C2. The zero-order valence-corrected chi connectivity index (χ0v) is 10.7. The molecule has 19 heavy (non-hydrogen) atoms. The van der Waals surface area contributed by atoms with E-state index >= 15 is 0 Å². The predicted octanol–water partition coefficient (Wildman–Crippen LogP) is 0.804. The van der Waals surface area contributed by atoms with Gasteiger partial charge in [0.25, 0.3) is 0 Å². The highest BCUT2D eigenvalue weighted by Crippen LogP contribution is 2.48. The summed E-state index contributed by atoms with van der Waals surface area (Å²) >= 11 is 0. The van der Waals surface area contributed by atoms with E-state index in [2.05, 4.69) is 5.32 Å². The standard InChI is InChI=1S/C14H19NO4/c16-13(15-7-10-2-1-5-19-10)11-8-3-4-9(6-8)12(11)14(17)18/h3-4,8-12H,1-2,5-7H2,(H,15,16)(H,17,18)/t8-,9-,10-,11-,12-/m0/s1. The molecule has 5 heteroatoms. The van der Waals surface area contributed by atoms with Gasteiger partial charge < -0.3 is 15.2 Å². The van der Waals surface area contributed by atoms with Crippen molar-refractivity contribution in [2.24, 2.45) is 23.7 Å². The maximum atomic E-state index is 12.2. The Balaban J connectivity index is 1.62. The third-order valence-electron chi connectivity index (χ3n) is 4.58. The summed E-state index contributed by atoms with van der Waals surface area (Å²) in [5, 5.41) is 12.2. The first-order chi connectivity index (χ1) is 9.16. The average Bonchev–Trinajstić information content (AvgIpc) is 3.10. The molecule has 0 aromatic rings. The minimum atomic E-state index is -0.853. The normalized spacial score (nSPS) is 39.7. The summed E-state index contributed by atoms with van der Waals surface area (Å²) in [5.41, 5.74) is 0.